The van der Waals surface area contributed by atoms with Crippen molar-refractivity contribution in [2.24, 2.45) is 0 Å². The Labute approximate surface area is 204 Å². The molecule has 0 unspecified atom stereocenters. The van der Waals surface area contributed by atoms with Crippen molar-refractivity contribution in [2.75, 3.05) is 19.1 Å². The first-order valence-corrected chi connectivity index (χ1v) is 10.4. The highest BCUT2D eigenvalue weighted by Gasteiger charge is 2.34. The van der Waals surface area contributed by atoms with Crippen molar-refractivity contribution in [3.63, 3.8) is 0 Å². The van der Waals surface area contributed by atoms with Crippen LogP contribution in [-0.2, 0) is 25.2 Å². The summed E-state index contributed by atoms with van der Waals surface area (Å²) >= 11 is 3.24. The number of nitrogens with zero attached hydrogens (tertiary/aromatic N) is 1. The number of rotatable bonds is 5. The molecule has 0 saturated heterocycles. The molecule has 1 aliphatic rings. The lowest BCUT2D eigenvalue weighted by molar-refractivity contribution is -0.139. The van der Waals surface area contributed by atoms with Crippen molar-refractivity contribution < 1.29 is 45.8 Å². The second-order valence-corrected chi connectivity index (χ2v) is 7.71. The van der Waals surface area contributed by atoms with Crippen molar-refractivity contribution in [3.05, 3.63) is 87.7 Å². The molecule has 6 nitrogen and oxygen atoms in total. The Bertz CT molecular complexity index is 1250. The summed E-state index contributed by atoms with van der Waals surface area (Å²) < 4.78 is 82.9. The van der Waals surface area contributed by atoms with Crippen LogP contribution in [0, 0.1) is 11.6 Å². The first-order chi connectivity index (χ1) is 16.5. The van der Waals surface area contributed by atoms with Crippen molar-refractivity contribution >= 4 is 33.6 Å². The van der Waals surface area contributed by atoms with E-state index in [9.17, 15) is 31.5 Å². The molecule has 0 N–H and O–H groups in total. The summed E-state index contributed by atoms with van der Waals surface area (Å²) in [6, 6.07) is 4.28. The number of ether oxygens (including phenoxy) is 3. The fourth-order valence-electron chi connectivity index (χ4n) is 3.05. The summed E-state index contributed by atoms with van der Waals surface area (Å²) in [6.45, 7) is 0. The number of carbonyl (C=O) groups excluding carboxylic acids is 2. The number of hydrogen-bond acceptors (Lipinski definition) is 6. The van der Waals surface area contributed by atoms with E-state index in [-0.39, 0.29) is 34.8 Å². The van der Waals surface area contributed by atoms with Gasteiger partial charge in [0.05, 0.1) is 31.0 Å². The molecule has 35 heavy (non-hydrogen) atoms. The van der Waals surface area contributed by atoms with Gasteiger partial charge in [0.15, 0.2) is 23.1 Å². The molecule has 0 atom stereocenters. The van der Waals surface area contributed by atoms with E-state index in [2.05, 4.69) is 15.9 Å². The minimum Gasteiger partial charge on any atom is -0.465 e. The van der Waals surface area contributed by atoms with E-state index < -0.39 is 41.1 Å². The summed E-state index contributed by atoms with van der Waals surface area (Å²) in [5.41, 5.74) is -2.07. The predicted octanol–water partition coefficient (Wildman–Crippen LogP) is 6.03. The molecule has 0 aromatic heterocycles. The van der Waals surface area contributed by atoms with Gasteiger partial charge in [0.25, 0.3) is 0 Å². The number of hydrogen-bond donors (Lipinski definition) is 0. The van der Waals surface area contributed by atoms with Crippen molar-refractivity contribution in [1.29, 1.82) is 0 Å². The van der Waals surface area contributed by atoms with E-state index in [1.54, 1.807) is 0 Å². The van der Waals surface area contributed by atoms with Crippen LogP contribution in [-0.4, -0.2) is 26.2 Å². The van der Waals surface area contributed by atoms with E-state index in [4.69, 9.17) is 14.2 Å². The highest BCUT2D eigenvalue weighted by atomic mass is 79.9. The van der Waals surface area contributed by atoms with Crippen LogP contribution in [0.25, 0.3) is 0 Å². The molecule has 1 aliphatic heterocycles. The molecule has 0 amide bonds. The minimum absolute atomic E-state index is 0.0141. The van der Waals surface area contributed by atoms with Gasteiger partial charge in [0, 0.05) is 10.7 Å². The summed E-state index contributed by atoms with van der Waals surface area (Å²) in [4.78, 5) is 26.2. The molecule has 1 heterocycles. The molecule has 0 spiro atoms. The molecular formula is C23H15BrF5NO5. The van der Waals surface area contributed by atoms with Gasteiger partial charge in [-0.1, -0.05) is 22.0 Å². The third-order valence-corrected chi connectivity index (χ3v) is 5.10. The van der Waals surface area contributed by atoms with E-state index in [1.807, 2.05) is 0 Å². The Balaban J connectivity index is 2.19. The van der Waals surface area contributed by atoms with Gasteiger partial charge in [-0.25, -0.2) is 18.4 Å². The zero-order valence-corrected chi connectivity index (χ0v) is 19.5. The minimum atomic E-state index is -4.97. The average Bonchev–Trinajstić information content (AvgIpc) is 3.03. The lowest BCUT2D eigenvalue weighted by Gasteiger charge is -2.25. The SMILES string of the molecule is COC(=O)C1=C(C(=O)OC)N(c2cc(Br)ccc2Oc2c(F)cc(C(F)(F)F)cc2F)C=CC=C1. The maximum absolute atomic E-state index is 14.5. The van der Waals surface area contributed by atoms with Crippen LogP contribution < -0.4 is 9.64 Å². The van der Waals surface area contributed by atoms with E-state index in [0.717, 1.165) is 19.1 Å². The Morgan fingerprint density at radius 2 is 1.57 bits per heavy atom. The van der Waals surface area contributed by atoms with Gasteiger partial charge in [0.1, 0.15) is 5.70 Å². The van der Waals surface area contributed by atoms with Crippen LogP contribution in [0.3, 0.4) is 0 Å². The molecule has 2 aromatic carbocycles. The molecule has 3 rings (SSSR count). The zero-order valence-electron chi connectivity index (χ0n) is 18.0. The highest BCUT2D eigenvalue weighted by Crippen LogP contribution is 2.41. The first kappa shape index (κ1) is 25.9. The quantitative estimate of drug-likeness (QED) is 0.329. The molecule has 2 aromatic rings. The Morgan fingerprint density at radius 3 is 2.14 bits per heavy atom. The van der Waals surface area contributed by atoms with Crippen LogP contribution in [0.15, 0.2) is 70.5 Å². The molecule has 0 aliphatic carbocycles. The fraction of sp³-hybridized carbons (Fsp3) is 0.130. The third kappa shape index (κ3) is 5.53. The molecule has 0 saturated carbocycles. The standard InChI is InChI=1S/C23H15BrF5NO5/c1-33-21(31)14-5-3-4-8-30(19(14)22(32)34-2)17-11-13(24)6-7-18(17)35-20-15(25)9-12(10-16(20)26)23(27,28)29/h3-11H,1-2H3. The molecule has 184 valence electrons. The number of benzene rings is 2. The topological polar surface area (TPSA) is 65.1 Å². The number of esters is 2. The molecular weight excluding hydrogens is 545 g/mol. The summed E-state index contributed by atoms with van der Waals surface area (Å²) in [5.74, 6) is -6.40. The van der Waals surface area contributed by atoms with Gasteiger partial charge in [-0.2, -0.15) is 13.2 Å². The monoisotopic (exact) mass is 559 g/mol. The van der Waals surface area contributed by atoms with E-state index in [1.165, 1.54) is 42.6 Å². The van der Waals surface area contributed by atoms with Gasteiger partial charge in [-0.15, -0.1) is 0 Å². The van der Waals surface area contributed by atoms with Gasteiger partial charge >= 0.3 is 18.1 Å². The number of halogens is 6. The molecule has 12 heteroatoms. The largest absolute Gasteiger partial charge is 0.465 e. The predicted molar refractivity (Wildman–Crippen MR) is 117 cm³/mol. The van der Waals surface area contributed by atoms with Gasteiger partial charge in [0.2, 0.25) is 0 Å². The number of carbonyl (C=O) groups is 2. The van der Waals surface area contributed by atoms with Crippen molar-refractivity contribution in [3.8, 4) is 11.5 Å². The molecule has 0 radical (unpaired) electrons. The Kier molecular flexibility index (Phi) is 7.64. The fourth-order valence-corrected chi connectivity index (χ4v) is 3.40. The summed E-state index contributed by atoms with van der Waals surface area (Å²) in [7, 11) is 2.18. The van der Waals surface area contributed by atoms with Gasteiger partial charge < -0.3 is 19.1 Å². The second kappa shape index (κ2) is 10.3. The zero-order chi connectivity index (χ0) is 25.9. The Morgan fingerprint density at radius 1 is 0.943 bits per heavy atom. The normalized spacial score (nSPS) is 13.5. The number of anilines is 1. The maximum Gasteiger partial charge on any atom is 0.416 e. The lowest BCUT2D eigenvalue weighted by atomic mass is 10.1. The van der Waals surface area contributed by atoms with Crippen LogP contribution in [0.1, 0.15) is 5.56 Å². The van der Waals surface area contributed by atoms with E-state index in [0.29, 0.717) is 4.47 Å². The maximum atomic E-state index is 14.5. The number of allylic oxidation sites excluding steroid dienone is 2. The summed E-state index contributed by atoms with van der Waals surface area (Å²) in [6.07, 6.45) is 0.540. The third-order valence-electron chi connectivity index (χ3n) is 4.61. The summed E-state index contributed by atoms with van der Waals surface area (Å²) in [5, 5.41) is 0. The van der Waals surface area contributed by atoms with Crippen LogP contribution in [0.5, 0.6) is 11.5 Å². The van der Waals surface area contributed by atoms with Gasteiger partial charge in [-0.05, 0) is 42.5 Å². The highest BCUT2D eigenvalue weighted by molar-refractivity contribution is 9.10. The number of methoxy groups -OCH3 is 2. The molecule has 0 fully saturated rings. The first-order valence-electron chi connectivity index (χ1n) is 9.56. The van der Waals surface area contributed by atoms with Crippen LogP contribution >= 0.6 is 15.9 Å². The van der Waals surface area contributed by atoms with E-state index >= 15 is 0 Å². The van der Waals surface area contributed by atoms with Crippen LogP contribution in [0.2, 0.25) is 0 Å². The van der Waals surface area contributed by atoms with Crippen LogP contribution in [0.4, 0.5) is 27.6 Å². The van der Waals surface area contributed by atoms with Crippen molar-refractivity contribution in [1.82, 2.24) is 0 Å². The van der Waals surface area contributed by atoms with Crippen molar-refractivity contribution in [2.45, 2.75) is 6.18 Å². The lowest BCUT2D eigenvalue weighted by Crippen LogP contribution is -2.27. The average molecular weight is 560 g/mol. The smallest absolute Gasteiger partial charge is 0.416 e. The second-order valence-electron chi connectivity index (χ2n) is 6.80. The Hall–Kier alpha value is -3.67. The van der Waals surface area contributed by atoms with Gasteiger partial charge in [-0.3, -0.25) is 0 Å². The molecule has 0 bridgehead atoms. The number of alkyl halides is 3.